The maximum absolute atomic E-state index is 13.1. The second-order valence-electron chi connectivity index (χ2n) is 22.0. The van der Waals surface area contributed by atoms with Gasteiger partial charge in [-0.1, -0.05) is 69.2 Å². The van der Waals surface area contributed by atoms with E-state index in [1.54, 1.807) is 36.0 Å². The number of rotatable bonds is 43. The lowest BCUT2D eigenvalue weighted by Gasteiger charge is -2.26. The number of carbonyl (C=O) groups is 11. The second kappa shape index (κ2) is 42.2. The molecule has 0 aromatic heterocycles. The number of thioether (sulfide) groups is 1. The van der Waals surface area contributed by atoms with Gasteiger partial charge in [0, 0.05) is 107 Å². The van der Waals surface area contributed by atoms with Gasteiger partial charge in [0.25, 0.3) is 0 Å². The topological polar surface area (TPSA) is 420 Å². The summed E-state index contributed by atoms with van der Waals surface area (Å²) in [7, 11) is 0. The molecule has 0 aliphatic heterocycles. The molecule has 0 heterocycles. The SMILES string of the molecule is CC(=O)NC(CSC1CCCCCCCC1)C(=O)NCCNC(=O)CCc1ccc(O)c(CN(CCN(CC(=O)O)Cc2cc(CCC(=O)NCCCCCC(=O)NCCCCC(NC(=O)NC(CCC(=O)O)C(=O)O)C(=O)O)ccc2O)CC(=O)O)c1. The van der Waals surface area contributed by atoms with Gasteiger partial charge in [-0.15, -0.1) is 0 Å². The third kappa shape index (κ3) is 33.4. The molecule has 0 bridgehead atoms. The first kappa shape index (κ1) is 74.5. The maximum atomic E-state index is 13.1. The predicted molar refractivity (Wildman–Crippen MR) is 325 cm³/mol. The van der Waals surface area contributed by atoms with Crippen molar-refractivity contribution >= 4 is 77.2 Å². The number of phenols is 2. The van der Waals surface area contributed by atoms with Crippen molar-refractivity contribution in [1.82, 2.24) is 47.0 Å². The van der Waals surface area contributed by atoms with Crippen molar-refractivity contribution < 1.29 is 88.5 Å². The fourth-order valence-electron chi connectivity index (χ4n) is 9.79. The molecule has 0 saturated heterocycles. The molecule has 27 nitrogen and oxygen atoms in total. The molecule has 3 unspecified atom stereocenters. The van der Waals surface area contributed by atoms with Crippen LogP contribution in [-0.2, 0) is 73.9 Å². The number of aliphatic carboxylic acids is 5. The van der Waals surface area contributed by atoms with E-state index in [0.29, 0.717) is 78.3 Å². The molecule has 7 amide bonds. The largest absolute Gasteiger partial charge is 0.508 e. The van der Waals surface area contributed by atoms with Crippen LogP contribution in [-0.4, -0.2) is 192 Å². The van der Waals surface area contributed by atoms with E-state index >= 15 is 0 Å². The number of aromatic hydroxyl groups is 2. The Labute approximate surface area is 517 Å². The lowest BCUT2D eigenvalue weighted by molar-refractivity contribution is -0.141. The van der Waals surface area contributed by atoms with Crippen molar-refractivity contribution in [2.24, 2.45) is 0 Å². The number of urea groups is 1. The lowest BCUT2D eigenvalue weighted by atomic mass is 10.0. The number of carboxylic acid groups (broad SMARTS) is 5. The molecule has 1 aliphatic rings. The highest BCUT2D eigenvalue weighted by atomic mass is 32.2. The highest BCUT2D eigenvalue weighted by Gasteiger charge is 2.26. The molecule has 88 heavy (non-hydrogen) atoms. The van der Waals surface area contributed by atoms with E-state index in [4.69, 9.17) is 5.11 Å². The average molecular weight is 1260 g/mol. The molecule has 1 fully saturated rings. The predicted octanol–water partition coefficient (Wildman–Crippen LogP) is 3.44. The summed E-state index contributed by atoms with van der Waals surface area (Å²) in [5, 5.41) is 87.3. The van der Waals surface area contributed by atoms with Crippen molar-refractivity contribution in [3.8, 4) is 11.5 Å². The number of phenolic OH excluding ortho intramolecular Hbond substituents is 2. The zero-order chi connectivity index (χ0) is 64.8. The molecule has 490 valence electrons. The number of carbonyl (C=O) groups excluding carboxylic acids is 6. The van der Waals surface area contributed by atoms with E-state index in [2.05, 4.69) is 37.2 Å². The minimum Gasteiger partial charge on any atom is -0.508 e. The van der Waals surface area contributed by atoms with Crippen LogP contribution in [0.4, 0.5) is 4.79 Å². The Balaban J connectivity index is 1.40. The third-order valence-corrected chi connectivity index (χ3v) is 16.0. The van der Waals surface area contributed by atoms with Gasteiger partial charge in [-0.25, -0.2) is 14.4 Å². The Hall–Kier alpha value is -7.72. The van der Waals surface area contributed by atoms with Crippen molar-refractivity contribution in [3.63, 3.8) is 0 Å². The van der Waals surface area contributed by atoms with Gasteiger partial charge in [0.05, 0.1) is 13.1 Å². The van der Waals surface area contributed by atoms with Gasteiger partial charge in [-0.2, -0.15) is 11.8 Å². The Kier molecular flexibility index (Phi) is 35.8. The van der Waals surface area contributed by atoms with Crippen LogP contribution in [0.1, 0.15) is 151 Å². The van der Waals surface area contributed by atoms with Crippen molar-refractivity contribution in [2.45, 2.75) is 178 Å². The number of aryl methyl sites for hydroxylation is 2. The van der Waals surface area contributed by atoms with E-state index in [0.717, 1.165) is 25.7 Å². The van der Waals surface area contributed by atoms with Crippen LogP contribution in [0.2, 0.25) is 0 Å². The quantitative estimate of drug-likeness (QED) is 0.0423. The number of nitrogens with zero attached hydrogens (tertiary/aromatic N) is 2. The first-order valence-electron chi connectivity index (χ1n) is 30.2. The second-order valence-corrected chi connectivity index (χ2v) is 23.4. The van der Waals surface area contributed by atoms with Crippen LogP contribution in [0.3, 0.4) is 0 Å². The molecule has 1 saturated carbocycles. The Morgan fingerprint density at radius 1 is 0.511 bits per heavy atom. The van der Waals surface area contributed by atoms with E-state index in [9.17, 15) is 83.4 Å². The molecular weight excluding hydrogens is 1170 g/mol. The summed E-state index contributed by atoms with van der Waals surface area (Å²) in [6, 6.07) is 4.91. The molecule has 2 aromatic rings. The summed E-state index contributed by atoms with van der Waals surface area (Å²) in [4.78, 5) is 136. The van der Waals surface area contributed by atoms with Crippen molar-refractivity contribution in [2.75, 3.05) is 58.1 Å². The molecule has 14 N–H and O–H groups in total. The van der Waals surface area contributed by atoms with Crippen LogP contribution in [0, 0.1) is 0 Å². The number of unbranched alkanes of at least 4 members (excludes halogenated alkanes) is 3. The molecule has 3 atom stereocenters. The number of hydrogen-bond acceptors (Lipinski definition) is 16. The minimum atomic E-state index is -1.53. The highest BCUT2D eigenvalue weighted by molar-refractivity contribution is 8.00. The highest BCUT2D eigenvalue weighted by Crippen LogP contribution is 2.27. The van der Waals surface area contributed by atoms with Crippen molar-refractivity contribution in [1.29, 1.82) is 0 Å². The van der Waals surface area contributed by atoms with Gasteiger partial charge in [0.1, 0.15) is 29.6 Å². The Bertz CT molecular complexity index is 2600. The first-order chi connectivity index (χ1) is 42.0. The average Bonchev–Trinajstić information content (AvgIpc) is 2.98. The lowest BCUT2D eigenvalue weighted by Crippen LogP contribution is -2.51. The molecule has 1 aliphatic carbocycles. The monoisotopic (exact) mass is 1260 g/mol. The summed E-state index contributed by atoms with van der Waals surface area (Å²) in [5.74, 6) is -7.52. The molecular formula is C60H91N9O18S. The third-order valence-electron chi connectivity index (χ3n) is 14.5. The summed E-state index contributed by atoms with van der Waals surface area (Å²) in [6.07, 6.45) is 12.0. The van der Waals surface area contributed by atoms with Gasteiger partial charge in [-0.05, 0) is 87.5 Å². The number of hydrogen-bond donors (Lipinski definition) is 14. The number of nitrogens with one attached hydrogen (secondary N) is 7. The molecule has 28 heteroatoms. The van der Waals surface area contributed by atoms with Gasteiger partial charge in [0.2, 0.25) is 29.5 Å². The Morgan fingerprint density at radius 2 is 0.977 bits per heavy atom. The molecule has 0 spiro atoms. The summed E-state index contributed by atoms with van der Waals surface area (Å²) in [6.45, 7) is 1.43. The summed E-state index contributed by atoms with van der Waals surface area (Å²) < 4.78 is 0. The normalized spacial score (nSPS) is 13.8. The van der Waals surface area contributed by atoms with E-state index in [1.807, 2.05) is 0 Å². The van der Waals surface area contributed by atoms with Crippen LogP contribution >= 0.6 is 11.8 Å². The van der Waals surface area contributed by atoms with E-state index < -0.39 is 79.9 Å². The van der Waals surface area contributed by atoms with Gasteiger partial charge >= 0.3 is 35.9 Å². The van der Waals surface area contributed by atoms with Crippen LogP contribution in [0.5, 0.6) is 11.5 Å². The van der Waals surface area contributed by atoms with Crippen LogP contribution in [0.15, 0.2) is 36.4 Å². The molecule has 0 radical (unpaired) electrons. The fourth-order valence-corrected chi connectivity index (χ4v) is 11.2. The number of carboxylic acids is 5. The number of benzene rings is 2. The zero-order valence-corrected chi connectivity index (χ0v) is 51.1. The summed E-state index contributed by atoms with van der Waals surface area (Å²) >= 11 is 1.73. The Morgan fingerprint density at radius 3 is 1.47 bits per heavy atom. The van der Waals surface area contributed by atoms with E-state index in [-0.39, 0.29) is 119 Å². The maximum Gasteiger partial charge on any atom is 0.326 e. The number of amides is 7. The van der Waals surface area contributed by atoms with Crippen molar-refractivity contribution in [3.05, 3.63) is 58.7 Å². The molecule has 2 aromatic carbocycles. The smallest absolute Gasteiger partial charge is 0.326 e. The zero-order valence-electron chi connectivity index (χ0n) is 50.3. The van der Waals surface area contributed by atoms with Crippen LogP contribution in [0.25, 0.3) is 0 Å². The summed E-state index contributed by atoms with van der Waals surface area (Å²) in [5.41, 5.74) is 2.16. The first-order valence-corrected chi connectivity index (χ1v) is 31.2. The fraction of sp³-hybridized carbons (Fsp3) is 0.617. The van der Waals surface area contributed by atoms with Crippen LogP contribution < -0.4 is 37.2 Å². The van der Waals surface area contributed by atoms with E-state index in [1.165, 1.54) is 54.5 Å². The van der Waals surface area contributed by atoms with Gasteiger partial charge < -0.3 is 73.0 Å². The minimum absolute atomic E-state index is 0.0137. The standard InChI is InChI=1S/C60H91N9O18S/c1-40(70)65-48(39-88-45-13-7-4-2-3-5-8-14-45)57(82)64-30-29-63-53(75)25-20-42-18-23-50(72)44(34-42)36-69(38-56(80)81)32-31-68(37-55(78)79)35-43-33-41(17-22-49(43)71)19-24-52(74)62-27-11-6-9-16-51(73)61-28-12-10-15-46(58(83)84)66-60(87)67-47(59(85)86)21-26-54(76)77/h17-18,22-23,33-34,45-48,71-72H,2-16,19-21,24-32,35-39H2,1H3,(H,61,73)(H,62,74)(H,63,75)(H,64,82)(H,65,70)(H,76,77)(H,78,79)(H,80,81)(H,83,84)(H,85,86)(H2,66,67,87). The van der Waals surface area contributed by atoms with Gasteiger partial charge in [0.15, 0.2) is 0 Å². The molecule has 3 rings (SSSR count). The van der Waals surface area contributed by atoms with Gasteiger partial charge in [-0.3, -0.25) is 48.2 Å².